The topological polar surface area (TPSA) is 35.5 Å². The number of carbonyl (C=O) groups excluding carboxylic acids is 1. The van der Waals surface area contributed by atoms with Gasteiger partial charge in [0.1, 0.15) is 18.1 Å². The van der Waals surface area contributed by atoms with Gasteiger partial charge in [0.15, 0.2) is 5.76 Å². The second-order valence-corrected chi connectivity index (χ2v) is 7.25. The van der Waals surface area contributed by atoms with E-state index in [4.69, 9.17) is 21.1 Å². The van der Waals surface area contributed by atoms with Gasteiger partial charge < -0.3 is 9.47 Å². The average Bonchev–Trinajstić information content (AvgIpc) is 2.99. The van der Waals surface area contributed by atoms with E-state index in [0.717, 1.165) is 16.7 Å². The van der Waals surface area contributed by atoms with Crippen molar-refractivity contribution in [1.29, 1.82) is 0 Å². The van der Waals surface area contributed by atoms with Gasteiger partial charge >= 0.3 is 0 Å². The molecule has 0 N–H and O–H groups in total. The predicted octanol–water partition coefficient (Wildman–Crippen LogP) is 6.15. The molecule has 0 bridgehead atoms. The van der Waals surface area contributed by atoms with Crippen molar-refractivity contribution in [3.63, 3.8) is 0 Å². The first-order valence-corrected chi connectivity index (χ1v) is 9.41. The summed E-state index contributed by atoms with van der Waals surface area (Å²) in [5.74, 6) is 1.38. The van der Waals surface area contributed by atoms with Crippen LogP contribution in [-0.2, 0) is 6.61 Å². The van der Waals surface area contributed by atoms with Crippen LogP contribution in [0.15, 0.2) is 66.4 Å². The van der Waals surface area contributed by atoms with Gasteiger partial charge in [0.25, 0.3) is 0 Å². The Labute approximate surface area is 169 Å². The lowest BCUT2D eigenvalue weighted by molar-refractivity contribution is 0.101. The van der Waals surface area contributed by atoms with Crippen molar-refractivity contribution >= 4 is 23.5 Å². The first kappa shape index (κ1) is 18.3. The van der Waals surface area contributed by atoms with Crippen LogP contribution in [0.25, 0.3) is 6.08 Å². The summed E-state index contributed by atoms with van der Waals surface area (Å²) in [7, 11) is 0. The highest BCUT2D eigenvalue weighted by atomic mass is 35.5. The molecule has 0 fully saturated rings. The number of aryl methyl sites for hydroxylation is 2. The first-order valence-electron chi connectivity index (χ1n) is 9.03. The van der Waals surface area contributed by atoms with Crippen molar-refractivity contribution in [2.75, 3.05) is 0 Å². The molecule has 0 aromatic heterocycles. The molecule has 28 heavy (non-hydrogen) atoms. The Bertz CT molecular complexity index is 1080. The third-order valence-corrected chi connectivity index (χ3v) is 5.04. The number of fused-ring (bicyclic) bond motifs is 1. The molecule has 1 aliphatic heterocycles. The smallest absolute Gasteiger partial charge is 0.232 e. The fourth-order valence-electron chi connectivity index (χ4n) is 3.15. The van der Waals surface area contributed by atoms with E-state index >= 15 is 0 Å². The minimum absolute atomic E-state index is 0.106. The third-order valence-electron chi connectivity index (χ3n) is 4.67. The SMILES string of the molecule is Cc1ccc(/C=C2\Oc3cc(OCc4ccccc4Cl)cc(C)c3C2=O)cc1. The van der Waals surface area contributed by atoms with Gasteiger partial charge in [0, 0.05) is 16.7 Å². The van der Waals surface area contributed by atoms with Crippen molar-refractivity contribution < 1.29 is 14.3 Å². The molecule has 140 valence electrons. The Kier molecular flexibility index (Phi) is 4.93. The van der Waals surface area contributed by atoms with Crippen LogP contribution in [0.1, 0.15) is 32.6 Å². The highest BCUT2D eigenvalue weighted by Gasteiger charge is 2.30. The Morgan fingerprint density at radius 2 is 1.79 bits per heavy atom. The molecule has 0 atom stereocenters. The molecular formula is C24H19ClO3. The Morgan fingerprint density at radius 3 is 2.54 bits per heavy atom. The number of hydrogen-bond donors (Lipinski definition) is 0. The second-order valence-electron chi connectivity index (χ2n) is 6.84. The van der Waals surface area contributed by atoms with Crippen LogP contribution >= 0.6 is 11.6 Å². The summed E-state index contributed by atoms with van der Waals surface area (Å²) in [6, 6.07) is 19.1. The fraction of sp³-hybridized carbons (Fsp3) is 0.125. The number of allylic oxidation sites excluding steroid dienone is 1. The van der Waals surface area contributed by atoms with Crippen molar-refractivity contribution in [1.82, 2.24) is 0 Å². The number of halogens is 1. The lowest BCUT2D eigenvalue weighted by atomic mass is 10.0. The molecule has 0 amide bonds. The molecule has 0 spiro atoms. The molecule has 0 radical (unpaired) electrons. The van der Waals surface area contributed by atoms with Crippen LogP contribution in [0.4, 0.5) is 0 Å². The summed E-state index contributed by atoms with van der Waals surface area (Å²) in [6.45, 7) is 4.26. The maximum Gasteiger partial charge on any atom is 0.232 e. The molecule has 4 heteroatoms. The molecule has 3 aromatic carbocycles. The van der Waals surface area contributed by atoms with E-state index in [1.54, 1.807) is 12.1 Å². The van der Waals surface area contributed by atoms with Gasteiger partial charge in [0.05, 0.1) is 5.56 Å². The summed E-state index contributed by atoms with van der Waals surface area (Å²) >= 11 is 6.18. The van der Waals surface area contributed by atoms with Crippen LogP contribution < -0.4 is 9.47 Å². The fourth-order valence-corrected chi connectivity index (χ4v) is 3.34. The monoisotopic (exact) mass is 390 g/mol. The standard InChI is InChI=1S/C24H19ClO3/c1-15-7-9-17(10-8-15)12-22-24(26)23-16(2)11-19(13-21(23)28-22)27-14-18-5-3-4-6-20(18)25/h3-13H,14H2,1-2H3/b22-12-. The highest BCUT2D eigenvalue weighted by Crippen LogP contribution is 2.37. The lowest BCUT2D eigenvalue weighted by Crippen LogP contribution is -2.00. The van der Waals surface area contributed by atoms with Crippen LogP contribution in [0.2, 0.25) is 5.02 Å². The first-order chi connectivity index (χ1) is 13.5. The molecule has 0 unspecified atom stereocenters. The average molecular weight is 391 g/mol. The molecule has 3 nitrogen and oxygen atoms in total. The molecular weight excluding hydrogens is 372 g/mol. The Balaban J connectivity index is 1.57. The van der Waals surface area contributed by atoms with E-state index in [0.29, 0.717) is 34.5 Å². The van der Waals surface area contributed by atoms with E-state index in [9.17, 15) is 4.79 Å². The molecule has 4 rings (SSSR count). The zero-order valence-electron chi connectivity index (χ0n) is 15.7. The van der Waals surface area contributed by atoms with E-state index in [2.05, 4.69) is 0 Å². The van der Waals surface area contributed by atoms with Gasteiger partial charge in [-0.05, 0) is 43.2 Å². The van der Waals surface area contributed by atoms with Gasteiger partial charge in [-0.3, -0.25) is 4.79 Å². The normalized spacial score (nSPS) is 14.1. The van der Waals surface area contributed by atoms with Gasteiger partial charge in [0.2, 0.25) is 5.78 Å². The zero-order chi connectivity index (χ0) is 19.7. The van der Waals surface area contributed by atoms with E-state index in [1.807, 2.05) is 68.4 Å². The van der Waals surface area contributed by atoms with Crippen molar-refractivity contribution in [3.05, 3.63) is 99.3 Å². The third kappa shape index (κ3) is 3.67. The van der Waals surface area contributed by atoms with Crippen LogP contribution in [0.5, 0.6) is 11.5 Å². The van der Waals surface area contributed by atoms with Crippen LogP contribution in [0, 0.1) is 13.8 Å². The molecule has 1 aliphatic rings. The summed E-state index contributed by atoms with van der Waals surface area (Å²) in [6.07, 6.45) is 1.77. The number of carbonyl (C=O) groups is 1. The summed E-state index contributed by atoms with van der Waals surface area (Å²) in [4.78, 5) is 12.8. The van der Waals surface area contributed by atoms with Crippen molar-refractivity contribution in [3.8, 4) is 11.5 Å². The molecule has 3 aromatic rings. The number of rotatable bonds is 4. The highest BCUT2D eigenvalue weighted by molar-refractivity contribution is 6.31. The number of Topliss-reactive ketones (excluding diaryl/α,β-unsaturated/α-hetero) is 1. The lowest BCUT2D eigenvalue weighted by Gasteiger charge is -2.10. The Morgan fingerprint density at radius 1 is 1.04 bits per heavy atom. The predicted molar refractivity (Wildman–Crippen MR) is 111 cm³/mol. The zero-order valence-corrected chi connectivity index (χ0v) is 16.4. The van der Waals surface area contributed by atoms with Crippen LogP contribution in [-0.4, -0.2) is 5.78 Å². The summed E-state index contributed by atoms with van der Waals surface area (Å²) in [5.41, 5.74) is 4.40. The maximum absolute atomic E-state index is 12.8. The number of hydrogen-bond acceptors (Lipinski definition) is 3. The second kappa shape index (κ2) is 7.53. The van der Waals surface area contributed by atoms with E-state index in [1.165, 1.54) is 5.56 Å². The maximum atomic E-state index is 12.8. The largest absolute Gasteiger partial charge is 0.489 e. The minimum atomic E-state index is -0.106. The van der Waals surface area contributed by atoms with Crippen molar-refractivity contribution in [2.45, 2.75) is 20.5 Å². The van der Waals surface area contributed by atoms with Crippen molar-refractivity contribution in [2.24, 2.45) is 0 Å². The molecule has 0 saturated carbocycles. The van der Waals surface area contributed by atoms with Gasteiger partial charge in [-0.2, -0.15) is 0 Å². The summed E-state index contributed by atoms with van der Waals surface area (Å²) < 4.78 is 11.7. The quantitative estimate of drug-likeness (QED) is 0.501. The molecule has 0 aliphatic carbocycles. The van der Waals surface area contributed by atoms with Gasteiger partial charge in [-0.1, -0.05) is 59.6 Å². The van der Waals surface area contributed by atoms with Gasteiger partial charge in [-0.15, -0.1) is 0 Å². The molecule has 1 heterocycles. The van der Waals surface area contributed by atoms with Crippen LogP contribution in [0.3, 0.4) is 0 Å². The minimum Gasteiger partial charge on any atom is -0.489 e. The number of benzene rings is 3. The number of ketones is 1. The van der Waals surface area contributed by atoms with E-state index < -0.39 is 0 Å². The summed E-state index contributed by atoms with van der Waals surface area (Å²) in [5, 5.41) is 0.662. The van der Waals surface area contributed by atoms with E-state index in [-0.39, 0.29) is 5.78 Å². The Hall–Kier alpha value is -3.04. The number of ether oxygens (including phenoxy) is 2. The van der Waals surface area contributed by atoms with Gasteiger partial charge in [-0.25, -0.2) is 0 Å². The molecule has 0 saturated heterocycles.